The summed E-state index contributed by atoms with van der Waals surface area (Å²) < 4.78 is 5.40. The van der Waals surface area contributed by atoms with Gasteiger partial charge < -0.3 is 15.8 Å². The summed E-state index contributed by atoms with van der Waals surface area (Å²) in [5, 5.41) is 3.01. The summed E-state index contributed by atoms with van der Waals surface area (Å²) in [5.74, 6) is 0.325. The standard InChI is InChI=1S/C22H29N3O2.ClH/c1-2-27-16-18-10-8-17(9-11-18)12-24-22(26)15-25-13-20(21(23)14-25)19-6-4-3-5-7-19;/h3-11,20-21H,2,12-16,23H2,1H3,(H,24,26);1H/t20-,21+;/m0./s1. The molecule has 0 radical (unpaired) electrons. The summed E-state index contributed by atoms with van der Waals surface area (Å²) in [4.78, 5) is 14.5. The fourth-order valence-electron chi connectivity index (χ4n) is 3.53. The van der Waals surface area contributed by atoms with Crippen LogP contribution in [-0.2, 0) is 22.7 Å². The van der Waals surface area contributed by atoms with Crippen molar-refractivity contribution in [1.82, 2.24) is 10.2 Å². The van der Waals surface area contributed by atoms with Crippen molar-refractivity contribution in [1.29, 1.82) is 0 Å². The lowest BCUT2D eigenvalue weighted by Crippen LogP contribution is -2.37. The van der Waals surface area contributed by atoms with Gasteiger partial charge in [0.25, 0.3) is 0 Å². The van der Waals surface area contributed by atoms with Crippen LogP contribution in [0.4, 0.5) is 0 Å². The van der Waals surface area contributed by atoms with Gasteiger partial charge in [0.2, 0.25) is 5.91 Å². The van der Waals surface area contributed by atoms with Gasteiger partial charge in [0.05, 0.1) is 13.2 Å². The number of nitrogens with one attached hydrogen (secondary N) is 1. The molecular formula is C22H30ClN3O2. The Labute approximate surface area is 173 Å². The van der Waals surface area contributed by atoms with E-state index in [4.69, 9.17) is 10.5 Å². The van der Waals surface area contributed by atoms with Crippen LogP contribution in [0.25, 0.3) is 0 Å². The molecule has 6 heteroatoms. The van der Waals surface area contributed by atoms with Crippen molar-refractivity contribution in [2.75, 3.05) is 26.2 Å². The molecule has 0 spiro atoms. The average molecular weight is 404 g/mol. The molecule has 5 nitrogen and oxygen atoms in total. The van der Waals surface area contributed by atoms with Crippen molar-refractivity contribution in [2.45, 2.75) is 32.0 Å². The van der Waals surface area contributed by atoms with Gasteiger partial charge in [0.15, 0.2) is 0 Å². The molecule has 1 fully saturated rings. The number of rotatable bonds is 8. The van der Waals surface area contributed by atoms with Crippen LogP contribution in [0.5, 0.6) is 0 Å². The van der Waals surface area contributed by atoms with Gasteiger partial charge in [0, 0.05) is 38.2 Å². The van der Waals surface area contributed by atoms with E-state index in [1.807, 2.05) is 49.4 Å². The molecule has 1 saturated heterocycles. The van der Waals surface area contributed by atoms with Crippen molar-refractivity contribution >= 4 is 18.3 Å². The third-order valence-corrected chi connectivity index (χ3v) is 5.02. The van der Waals surface area contributed by atoms with Gasteiger partial charge in [-0.1, -0.05) is 54.6 Å². The van der Waals surface area contributed by atoms with E-state index in [9.17, 15) is 4.79 Å². The average Bonchev–Trinajstić information content (AvgIpc) is 3.06. The quantitative estimate of drug-likeness (QED) is 0.711. The minimum Gasteiger partial charge on any atom is -0.377 e. The minimum atomic E-state index is 0. The number of ether oxygens (including phenoxy) is 1. The van der Waals surface area contributed by atoms with Gasteiger partial charge in [-0.15, -0.1) is 12.4 Å². The van der Waals surface area contributed by atoms with Crippen LogP contribution in [0.15, 0.2) is 54.6 Å². The lowest BCUT2D eigenvalue weighted by Gasteiger charge is -2.16. The SMILES string of the molecule is CCOCc1ccc(CNC(=O)CN2C[C@@H](N)[C@H](c3ccccc3)C2)cc1.Cl. The highest BCUT2D eigenvalue weighted by atomic mass is 35.5. The second-order valence-corrected chi connectivity index (χ2v) is 7.11. The highest BCUT2D eigenvalue weighted by Crippen LogP contribution is 2.25. The highest BCUT2D eigenvalue weighted by molar-refractivity contribution is 5.85. The molecule has 1 heterocycles. The predicted molar refractivity (Wildman–Crippen MR) is 114 cm³/mol. The Hall–Kier alpha value is -1.92. The summed E-state index contributed by atoms with van der Waals surface area (Å²) in [6.07, 6.45) is 0. The second kappa shape index (κ2) is 11.2. The number of nitrogens with two attached hydrogens (primary N) is 1. The van der Waals surface area contributed by atoms with Crippen LogP contribution in [0.1, 0.15) is 29.5 Å². The molecule has 1 aliphatic heterocycles. The number of halogens is 1. The van der Waals surface area contributed by atoms with Gasteiger partial charge in [-0.25, -0.2) is 0 Å². The molecule has 1 amide bonds. The zero-order valence-corrected chi connectivity index (χ0v) is 17.2. The summed E-state index contributed by atoms with van der Waals surface area (Å²) in [7, 11) is 0. The molecule has 2 aromatic carbocycles. The third kappa shape index (κ3) is 6.31. The maximum atomic E-state index is 12.3. The molecule has 0 unspecified atom stereocenters. The van der Waals surface area contributed by atoms with E-state index in [1.54, 1.807) is 0 Å². The fraction of sp³-hybridized carbons (Fsp3) is 0.409. The van der Waals surface area contributed by atoms with E-state index in [0.29, 0.717) is 26.3 Å². The van der Waals surface area contributed by atoms with Crippen LogP contribution in [0.3, 0.4) is 0 Å². The zero-order chi connectivity index (χ0) is 19.1. The van der Waals surface area contributed by atoms with Crippen LogP contribution < -0.4 is 11.1 Å². The smallest absolute Gasteiger partial charge is 0.234 e. The van der Waals surface area contributed by atoms with Crippen LogP contribution in [0.2, 0.25) is 0 Å². The van der Waals surface area contributed by atoms with E-state index in [-0.39, 0.29) is 30.3 Å². The maximum absolute atomic E-state index is 12.3. The lowest BCUT2D eigenvalue weighted by atomic mass is 9.95. The molecule has 3 N–H and O–H groups in total. The molecule has 0 saturated carbocycles. The molecule has 0 aromatic heterocycles. The van der Waals surface area contributed by atoms with Gasteiger partial charge in [0.1, 0.15) is 0 Å². The number of amides is 1. The van der Waals surface area contributed by atoms with E-state index in [2.05, 4.69) is 22.3 Å². The summed E-state index contributed by atoms with van der Waals surface area (Å²) in [6.45, 7) is 5.82. The van der Waals surface area contributed by atoms with Crippen molar-refractivity contribution < 1.29 is 9.53 Å². The zero-order valence-electron chi connectivity index (χ0n) is 16.3. The number of nitrogens with zero attached hydrogens (tertiary/aromatic N) is 1. The van der Waals surface area contributed by atoms with Crippen LogP contribution >= 0.6 is 12.4 Å². The Kier molecular flexibility index (Phi) is 8.93. The normalized spacial score (nSPS) is 19.2. The molecule has 3 rings (SSSR count). The first kappa shape index (κ1) is 22.4. The van der Waals surface area contributed by atoms with Crippen molar-refractivity contribution in [3.05, 3.63) is 71.3 Å². The van der Waals surface area contributed by atoms with E-state index >= 15 is 0 Å². The number of carbonyl (C=O) groups is 1. The summed E-state index contributed by atoms with van der Waals surface area (Å²) in [5.41, 5.74) is 9.79. The van der Waals surface area contributed by atoms with Gasteiger partial charge in [-0.3, -0.25) is 9.69 Å². The molecular weight excluding hydrogens is 374 g/mol. The first-order valence-electron chi connectivity index (χ1n) is 9.61. The van der Waals surface area contributed by atoms with E-state index in [1.165, 1.54) is 5.56 Å². The van der Waals surface area contributed by atoms with Crippen LogP contribution in [-0.4, -0.2) is 43.1 Å². The van der Waals surface area contributed by atoms with Crippen molar-refractivity contribution in [3.63, 3.8) is 0 Å². The number of carbonyl (C=O) groups excluding carboxylic acids is 1. The summed E-state index contributed by atoms with van der Waals surface area (Å²) in [6, 6.07) is 18.5. The first-order valence-corrected chi connectivity index (χ1v) is 9.61. The Morgan fingerprint density at radius 2 is 1.79 bits per heavy atom. The topological polar surface area (TPSA) is 67.6 Å². The number of likely N-dealkylation sites (tertiary alicyclic amines) is 1. The van der Waals surface area contributed by atoms with Crippen molar-refractivity contribution in [3.8, 4) is 0 Å². The van der Waals surface area contributed by atoms with E-state index < -0.39 is 0 Å². The molecule has 0 aliphatic carbocycles. The predicted octanol–water partition coefficient (Wildman–Crippen LogP) is 2.69. The lowest BCUT2D eigenvalue weighted by molar-refractivity contribution is -0.122. The molecule has 0 bridgehead atoms. The highest BCUT2D eigenvalue weighted by Gasteiger charge is 2.31. The summed E-state index contributed by atoms with van der Waals surface area (Å²) >= 11 is 0. The molecule has 2 aromatic rings. The molecule has 1 aliphatic rings. The monoisotopic (exact) mass is 403 g/mol. The van der Waals surface area contributed by atoms with Gasteiger partial charge in [-0.05, 0) is 23.6 Å². The fourth-order valence-corrected chi connectivity index (χ4v) is 3.53. The Morgan fingerprint density at radius 3 is 2.46 bits per heavy atom. The minimum absolute atomic E-state index is 0. The largest absolute Gasteiger partial charge is 0.377 e. The van der Waals surface area contributed by atoms with Gasteiger partial charge >= 0.3 is 0 Å². The molecule has 28 heavy (non-hydrogen) atoms. The van der Waals surface area contributed by atoms with Crippen LogP contribution in [0, 0.1) is 0 Å². The first-order chi connectivity index (χ1) is 13.2. The Balaban J connectivity index is 0.00000280. The second-order valence-electron chi connectivity index (χ2n) is 7.11. The Morgan fingerprint density at radius 1 is 1.11 bits per heavy atom. The van der Waals surface area contributed by atoms with Gasteiger partial charge in [-0.2, -0.15) is 0 Å². The number of hydrogen-bond acceptors (Lipinski definition) is 4. The van der Waals surface area contributed by atoms with Crippen molar-refractivity contribution in [2.24, 2.45) is 5.73 Å². The molecule has 2 atom stereocenters. The molecule has 152 valence electrons. The Bertz CT molecular complexity index is 724. The van der Waals surface area contributed by atoms with E-state index in [0.717, 1.165) is 24.2 Å². The number of hydrogen-bond donors (Lipinski definition) is 2. The third-order valence-electron chi connectivity index (χ3n) is 5.02. The number of benzene rings is 2. The maximum Gasteiger partial charge on any atom is 0.234 e.